The molecule has 1 N–H and O–H groups in total. The average molecular weight is 327 g/mol. The van der Waals surface area contributed by atoms with Crippen molar-refractivity contribution in [1.29, 1.82) is 0 Å². The van der Waals surface area contributed by atoms with Gasteiger partial charge in [-0.05, 0) is 22.4 Å². The fourth-order valence-electron chi connectivity index (χ4n) is 3.07. The van der Waals surface area contributed by atoms with Crippen LogP contribution >= 0.6 is 12.4 Å². The van der Waals surface area contributed by atoms with Crippen LogP contribution < -0.4 is 5.32 Å². The molecule has 0 aromatic heterocycles. The summed E-state index contributed by atoms with van der Waals surface area (Å²) in [6.07, 6.45) is -2.38. The van der Waals surface area contributed by atoms with Crippen LogP contribution in [0, 0.1) is 0 Å². The van der Waals surface area contributed by atoms with E-state index in [4.69, 9.17) is 0 Å². The van der Waals surface area contributed by atoms with E-state index in [9.17, 15) is 8.78 Å². The highest BCUT2D eigenvalue weighted by atomic mass is 35.5. The number of fused-ring (bicyclic) bond motifs is 1. The van der Waals surface area contributed by atoms with E-state index in [2.05, 4.69) is 16.3 Å². The summed E-state index contributed by atoms with van der Waals surface area (Å²) in [5, 5.41) is 5.54. The van der Waals surface area contributed by atoms with E-state index in [-0.39, 0.29) is 24.9 Å². The van der Waals surface area contributed by atoms with Gasteiger partial charge in [-0.3, -0.25) is 4.90 Å². The lowest BCUT2D eigenvalue weighted by Crippen LogP contribution is -2.45. The summed E-state index contributed by atoms with van der Waals surface area (Å²) in [7, 11) is 0. The van der Waals surface area contributed by atoms with Crippen molar-refractivity contribution in [2.45, 2.75) is 18.9 Å². The van der Waals surface area contributed by atoms with Crippen LogP contribution in [0.15, 0.2) is 42.5 Å². The van der Waals surface area contributed by atoms with E-state index in [1.54, 1.807) is 0 Å². The molecule has 0 radical (unpaired) electrons. The molecule has 1 fully saturated rings. The number of alkyl halides is 2. The molecule has 1 aliphatic heterocycles. The zero-order valence-corrected chi connectivity index (χ0v) is 13.2. The van der Waals surface area contributed by atoms with Crippen LogP contribution in [-0.2, 0) is 0 Å². The third-order valence-electron chi connectivity index (χ3n) is 4.15. The van der Waals surface area contributed by atoms with Crippen LogP contribution in [0.25, 0.3) is 10.8 Å². The van der Waals surface area contributed by atoms with Gasteiger partial charge in [0, 0.05) is 38.6 Å². The van der Waals surface area contributed by atoms with Crippen molar-refractivity contribution in [3.63, 3.8) is 0 Å². The molecular weight excluding hydrogens is 306 g/mol. The smallest absolute Gasteiger partial charge is 0.240 e. The first-order valence-electron chi connectivity index (χ1n) is 7.45. The monoisotopic (exact) mass is 326 g/mol. The molecule has 2 aromatic carbocycles. The Kier molecular flexibility index (Phi) is 6.12. The minimum absolute atomic E-state index is 0. The van der Waals surface area contributed by atoms with Crippen LogP contribution in [0.3, 0.4) is 0 Å². The second-order valence-electron chi connectivity index (χ2n) is 5.54. The number of nitrogens with one attached hydrogen (secondary N) is 1. The van der Waals surface area contributed by atoms with Gasteiger partial charge in [-0.2, -0.15) is 0 Å². The summed E-state index contributed by atoms with van der Waals surface area (Å²) < 4.78 is 26.0. The molecule has 1 aliphatic rings. The van der Waals surface area contributed by atoms with Crippen LogP contribution in [0.4, 0.5) is 8.78 Å². The van der Waals surface area contributed by atoms with E-state index >= 15 is 0 Å². The Morgan fingerprint density at radius 2 is 1.68 bits per heavy atom. The van der Waals surface area contributed by atoms with Crippen LogP contribution in [0.5, 0.6) is 0 Å². The van der Waals surface area contributed by atoms with Crippen molar-refractivity contribution in [3.8, 4) is 0 Å². The molecule has 0 bridgehead atoms. The van der Waals surface area contributed by atoms with Crippen LogP contribution in [0.1, 0.15) is 18.0 Å². The number of nitrogens with zero attached hydrogens (tertiary/aromatic N) is 1. The highest BCUT2D eigenvalue weighted by Crippen LogP contribution is 2.29. The van der Waals surface area contributed by atoms with Gasteiger partial charge in [0.2, 0.25) is 6.43 Å². The van der Waals surface area contributed by atoms with Gasteiger partial charge in [0.15, 0.2) is 0 Å². The number of piperazine rings is 1. The van der Waals surface area contributed by atoms with E-state index in [1.807, 2.05) is 36.4 Å². The van der Waals surface area contributed by atoms with E-state index < -0.39 is 6.43 Å². The maximum absolute atomic E-state index is 13.0. The fourth-order valence-corrected chi connectivity index (χ4v) is 3.07. The van der Waals surface area contributed by atoms with E-state index in [0.29, 0.717) is 0 Å². The van der Waals surface area contributed by atoms with Gasteiger partial charge in [0.25, 0.3) is 0 Å². The molecule has 1 heterocycles. The van der Waals surface area contributed by atoms with E-state index in [1.165, 1.54) is 0 Å². The Labute approximate surface area is 135 Å². The molecule has 0 saturated carbocycles. The largest absolute Gasteiger partial charge is 0.314 e. The summed E-state index contributed by atoms with van der Waals surface area (Å²) in [6.45, 7) is 3.38. The Morgan fingerprint density at radius 1 is 1.00 bits per heavy atom. The SMILES string of the molecule is Cl.FC(F)C[C@@H](c1ccc2ccccc2c1)N1CCNCC1. The summed E-state index contributed by atoms with van der Waals surface area (Å²) in [6, 6.07) is 14.0. The Bertz CT molecular complexity index is 600. The normalized spacial score (nSPS) is 17.4. The van der Waals surface area contributed by atoms with Crippen molar-refractivity contribution < 1.29 is 8.78 Å². The minimum Gasteiger partial charge on any atom is -0.314 e. The van der Waals surface area contributed by atoms with Crippen molar-refractivity contribution >= 4 is 23.2 Å². The predicted molar refractivity (Wildman–Crippen MR) is 89.0 cm³/mol. The third kappa shape index (κ3) is 3.94. The molecular formula is C17H21ClF2N2. The predicted octanol–water partition coefficient (Wildman–Crippen LogP) is 3.86. The van der Waals surface area contributed by atoms with Gasteiger partial charge < -0.3 is 5.32 Å². The first kappa shape index (κ1) is 17.1. The zero-order valence-electron chi connectivity index (χ0n) is 12.3. The highest BCUT2D eigenvalue weighted by molar-refractivity contribution is 5.85. The first-order valence-corrected chi connectivity index (χ1v) is 7.45. The van der Waals surface area contributed by atoms with E-state index in [0.717, 1.165) is 42.5 Å². The molecule has 0 aliphatic carbocycles. The van der Waals surface area contributed by atoms with Gasteiger partial charge >= 0.3 is 0 Å². The maximum Gasteiger partial charge on any atom is 0.240 e. The average Bonchev–Trinajstić information content (AvgIpc) is 2.53. The second-order valence-corrected chi connectivity index (χ2v) is 5.54. The van der Waals surface area contributed by atoms with Gasteiger partial charge in [0.1, 0.15) is 0 Å². The minimum atomic E-state index is -2.28. The molecule has 120 valence electrons. The Morgan fingerprint density at radius 3 is 2.36 bits per heavy atom. The fraction of sp³-hybridized carbons (Fsp3) is 0.412. The summed E-state index contributed by atoms with van der Waals surface area (Å²) in [4.78, 5) is 2.17. The van der Waals surface area contributed by atoms with Crippen molar-refractivity contribution in [2.75, 3.05) is 26.2 Å². The molecule has 2 nitrogen and oxygen atoms in total. The molecule has 0 spiro atoms. The van der Waals surface area contributed by atoms with Gasteiger partial charge in [0.05, 0.1) is 0 Å². The Hall–Kier alpha value is -1.23. The third-order valence-corrected chi connectivity index (χ3v) is 4.15. The number of rotatable bonds is 4. The molecule has 1 saturated heterocycles. The quantitative estimate of drug-likeness (QED) is 0.917. The first-order chi connectivity index (χ1) is 10.2. The topological polar surface area (TPSA) is 15.3 Å². The van der Waals surface area contributed by atoms with Crippen LogP contribution in [-0.4, -0.2) is 37.5 Å². The lowest BCUT2D eigenvalue weighted by Gasteiger charge is -2.35. The lowest BCUT2D eigenvalue weighted by atomic mass is 9.98. The zero-order chi connectivity index (χ0) is 14.7. The molecule has 22 heavy (non-hydrogen) atoms. The lowest BCUT2D eigenvalue weighted by molar-refractivity contribution is 0.0740. The molecule has 1 atom stereocenters. The van der Waals surface area contributed by atoms with Crippen LogP contribution in [0.2, 0.25) is 0 Å². The summed E-state index contributed by atoms with van der Waals surface area (Å²) in [5.74, 6) is 0. The molecule has 0 amide bonds. The van der Waals surface area contributed by atoms with Gasteiger partial charge in [-0.15, -0.1) is 12.4 Å². The Balaban J connectivity index is 0.00000176. The number of hydrogen-bond donors (Lipinski definition) is 1. The standard InChI is InChI=1S/C17H20F2N2.ClH/c18-17(19)12-16(21-9-7-20-8-10-21)15-6-5-13-3-1-2-4-14(13)11-15;/h1-6,11,16-17,20H,7-10,12H2;1H/t16-;/m0./s1. The number of hydrogen-bond acceptors (Lipinski definition) is 2. The molecule has 2 aromatic rings. The van der Waals surface area contributed by atoms with Gasteiger partial charge in [-0.25, -0.2) is 8.78 Å². The van der Waals surface area contributed by atoms with Crippen molar-refractivity contribution in [1.82, 2.24) is 10.2 Å². The van der Waals surface area contributed by atoms with Crippen molar-refractivity contribution in [3.05, 3.63) is 48.0 Å². The van der Waals surface area contributed by atoms with Gasteiger partial charge in [-0.1, -0.05) is 36.4 Å². The number of benzene rings is 2. The number of halogens is 3. The summed E-state index contributed by atoms with van der Waals surface area (Å²) in [5.41, 5.74) is 0.996. The molecule has 3 rings (SSSR count). The second kappa shape index (κ2) is 7.86. The molecule has 0 unspecified atom stereocenters. The molecule has 5 heteroatoms. The maximum atomic E-state index is 13.0. The highest BCUT2D eigenvalue weighted by Gasteiger charge is 2.25. The summed E-state index contributed by atoms with van der Waals surface area (Å²) >= 11 is 0. The van der Waals surface area contributed by atoms with Crippen molar-refractivity contribution in [2.24, 2.45) is 0 Å².